The molecule has 0 aliphatic carbocycles. The van der Waals surface area contributed by atoms with Crippen LogP contribution in [0.25, 0.3) is 0 Å². The lowest BCUT2D eigenvalue weighted by molar-refractivity contribution is -0.134. The Morgan fingerprint density at radius 2 is 2.00 bits per heavy atom. The number of carbonyl (C=O) groups excluding carboxylic acids is 1. The number of likely N-dealkylation sites (tertiary alicyclic amines) is 1. The second kappa shape index (κ2) is 8.06. The van der Waals surface area contributed by atoms with Gasteiger partial charge in [-0.05, 0) is 37.1 Å². The van der Waals surface area contributed by atoms with E-state index in [1.807, 2.05) is 36.2 Å². The molecule has 0 N–H and O–H groups in total. The van der Waals surface area contributed by atoms with Gasteiger partial charge in [0.15, 0.2) is 0 Å². The van der Waals surface area contributed by atoms with Crippen molar-refractivity contribution in [1.82, 2.24) is 14.8 Å². The van der Waals surface area contributed by atoms with Gasteiger partial charge in [-0.25, -0.2) is 0 Å². The molecule has 1 aromatic carbocycles. The molecule has 3 rings (SSSR count). The van der Waals surface area contributed by atoms with Crippen molar-refractivity contribution in [2.24, 2.45) is 0 Å². The minimum Gasteiger partial charge on any atom is -0.344 e. The quantitative estimate of drug-likeness (QED) is 0.820. The van der Waals surface area contributed by atoms with Gasteiger partial charge in [0, 0.05) is 38.4 Å². The van der Waals surface area contributed by atoms with Gasteiger partial charge in [0.25, 0.3) is 0 Å². The van der Waals surface area contributed by atoms with Crippen LogP contribution in [0.3, 0.4) is 0 Å². The Kier molecular flexibility index (Phi) is 5.59. The summed E-state index contributed by atoms with van der Waals surface area (Å²) in [6, 6.07) is 16.3. The van der Waals surface area contributed by atoms with Crippen LogP contribution in [0.4, 0.5) is 0 Å². The fourth-order valence-electron chi connectivity index (χ4n) is 3.31. The Balaban J connectivity index is 1.56. The summed E-state index contributed by atoms with van der Waals surface area (Å²) in [6.45, 7) is 2.57. The van der Waals surface area contributed by atoms with Crippen LogP contribution in [0.15, 0.2) is 54.7 Å². The number of hydrogen-bond acceptors (Lipinski definition) is 3. The highest BCUT2D eigenvalue weighted by molar-refractivity contribution is 5.82. The van der Waals surface area contributed by atoms with Crippen molar-refractivity contribution in [2.75, 3.05) is 20.1 Å². The average Bonchev–Trinajstić information content (AvgIpc) is 3.09. The molecular weight excluding hydrogens is 298 g/mol. The van der Waals surface area contributed by atoms with Crippen LogP contribution in [-0.4, -0.2) is 46.9 Å². The van der Waals surface area contributed by atoms with Crippen LogP contribution in [0.5, 0.6) is 0 Å². The highest BCUT2D eigenvalue weighted by atomic mass is 16.2. The molecule has 4 nitrogen and oxygen atoms in total. The summed E-state index contributed by atoms with van der Waals surface area (Å²) in [7, 11) is 1.91. The SMILES string of the molecule is CN(CCc1ccccn1)C(=O)[C@@H]1CCCN1Cc1ccccc1. The first kappa shape index (κ1) is 16.7. The number of amides is 1. The molecule has 2 heterocycles. The second-order valence-corrected chi connectivity index (χ2v) is 6.44. The molecule has 0 spiro atoms. The fraction of sp³-hybridized carbons (Fsp3) is 0.400. The molecular formula is C20H25N3O. The van der Waals surface area contributed by atoms with Crippen LogP contribution in [-0.2, 0) is 17.8 Å². The lowest BCUT2D eigenvalue weighted by Gasteiger charge is -2.28. The topological polar surface area (TPSA) is 36.4 Å². The van der Waals surface area contributed by atoms with Crippen molar-refractivity contribution in [3.8, 4) is 0 Å². The third-order valence-electron chi connectivity index (χ3n) is 4.68. The van der Waals surface area contributed by atoms with E-state index in [0.717, 1.165) is 38.0 Å². The van der Waals surface area contributed by atoms with Crippen LogP contribution in [0, 0.1) is 0 Å². The van der Waals surface area contributed by atoms with Gasteiger partial charge in [-0.2, -0.15) is 0 Å². The first-order valence-corrected chi connectivity index (χ1v) is 8.67. The van der Waals surface area contributed by atoms with Crippen LogP contribution in [0.2, 0.25) is 0 Å². The number of rotatable bonds is 6. The normalized spacial score (nSPS) is 17.8. The lowest BCUT2D eigenvalue weighted by Crippen LogP contribution is -2.44. The van der Waals surface area contributed by atoms with Crippen molar-refractivity contribution in [2.45, 2.75) is 31.8 Å². The van der Waals surface area contributed by atoms with Gasteiger partial charge in [0.2, 0.25) is 5.91 Å². The zero-order valence-corrected chi connectivity index (χ0v) is 14.3. The monoisotopic (exact) mass is 323 g/mol. The van der Waals surface area contributed by atoms with Crippen molar-refractivity contribution in [1.29, 1.82) is 0 Å². The maximum absolute atomic E-state index is 12.8. The molecule has 1 fully saturated rings. The van der Waals surface area contributed by atoms with E-state index in [-0.39, 0.29) is 11.9 Å². The third kappa shape index (κ3) is 4.20. The number of likely N-dealkylation sites (N-methyl/N-ethyl adjacent to an activating group) is 1. The molecule has 1 atom stereocenters. The molecule has 1 aromatic heterocycles. The molecule has 0 unspecified atom stereocenters. The highest BCUT2D eigenvalue weighted by Gasteiger charge is 2.32. The zero-order valence-electron chi connectivity index (χ0n) is 14.3. The number of hydrogen-bond donors (Lipinski definition) is 0. The predicted octanol–water partition coefficient (Wildman–Crippen LogP) is 2.75. The highest BCUT2D eigenvalue weighted by Crippen LogP contribution is 2.21. The van der Waals surface area contributed by atoms with Crippen molar-refractivity contribution in [3.63, 3.8) is 0 Å². The molecule has 1 amide bonds. The molecule has 4 heteroatoms. The molecule has 0 bridgehead atoms. The second-order valence-electron chi connectivity index (χ2n) is 6.44. The van der Waals surface area contributed by atoms with Gasteiger partial charge in [0.05, 0.1) is 6.04 Å². The largest absolute Gasteiger partial charge is 0.344 e. The van der Waals surface area contributed by atoms with Crippen molar-refractivity contribution < 1.29 is 4.79 Å². The molecule has 1 saturated heterocycles. The standard InChI is InChI=1S/C20H25N3O/c1-22(15-12-18-10-5-6-13-21-18)20(24)19-11-7-14-23(19)16-17-8-3-2-4-9-17/h2-6,8-10,13,19H,7,11-12,14-16H2,1H3/t19-/m0/s1. The number of carbonyl (C=O) groups is 1. The van der Waals surface area contributed by atoms with E-state index in [2.05, 4.69) is 34.1 Å². The van der Waals surface area contributed by atoms with Crippen molar-refractivity contribution in [3.05, 3.63) is 66.0 Å². The number of aromatic nitrogens is 1. The van der Waals surface area contributed by atoms with E-state index < -0.39 is 0 Å². The van der Waals surface area contributed by atoms with Gasteiger partial charge in [-0.1, -0.05) is 36.4 Å². The van der Waals surface area contributed by atoms with Gasteiger partial charge < -0.3 is 4.90 Å². The minimum atomic E-state index is 0.0129. The summed E-state index contributed by atoms with van der Waals surface area (Å²) in [5.41, 5.74) is 2.30. The summed E-state index contributed by atoms with van der Waals surface area (Å²) < 4.78 is 0. The van der Waals surface area contributed by atoms with Gasteiger partial charge in [-0.15, -0.1) is 0 Å². The van der Waals surface area contributed by atoms with Crippen LogP contribution in [0.1, 0.15) is 24.1 Å². The summed E-state index contributed by atoms with van der Waals surface area (Å²) in [5.74, 6) is 0.236. The van der Waals surface area contributed by atoms with Gasteiger partial charge in [-0.3, -0.25) is 14.7 Å². The molecule has 24 heavy (non-hydrogen) atoms. The van der Waals surface area contributed by atoms with Gasteiger partial charge in [0.1, 0.15) is 0 Å². The number of benzene rings is 1. The van der Waals surface area contributed by atoms with E-state index >= 15 is 0 Å². The maximum Gasteiger partial charge on any atom is 0.239 e. The van der Waals surface area contributed by atoms with E-state index in [1.165, 1.54) is 5.56 Å². The number of pyridine rings is 1. The molecule has 1 aliphatic rings. The molecule has 126 valence electrons. The summed E-state index contributed by atoms with van der Waals surface area (Å²) in [6.07, 6.45) is 4.65. The Hall–Kier alpha value is -2.20. The average molecular weight is 323 g/mol. The fourth-order valence-corrected chi connectivity index (χ4v) is 3.31. The molecule has 2 aromatic rings. The van der Waals surface area contributed by atoms with E-state index in [4.69, 9.17) is 0 Å². The Morgan fingerprint density at radius 1 is 1.21 bits per heavy atom. The third-order valence-corrected chi connectivity index (χ3v) is 4.68. The van der Waals surface area contributed by atoms with Crippen molar-refractivity contribution >= 4 is 5.91 Å². The first-order chi connectivity index (χ1) is 11.7. The Bertz CT molecular complexity index is 644. The molecule has 0 saturated carbocycles. The maximum atomic E-state index is 12.8. The lowest BCUT2D eigenvalue weighted by atomic mass is 10.1. The van der Waals surface area contributed by atoms with E-state index in [9.17, 15) is 4.79 Å². The first-order valence-electron chi connectivity index (χ1n) is 8.67. The summed E-state index contributed by atoms with van der Waals surface area (Å²) in [4.78, 5) is 21.3. The van der Waals surface area contributed by atoms with E-state index in [0.29, 0.717) is 6.54 Å². The Morgan fingerprint density at radius 3 is 2.75 bits per heavy atom. The summed E-state index contributed by atoms with van der Waals surface area (Å²) >= 11 is 0. The predicted molar refractivity (Wildman–Crippen MR) is 95.5 cm³/mol. The minimum absolute atomic E-state index is 0.0129. The number of nitrogens with zero attached hydrogens (tertiary/aromatic N) is 3. The van der Waals surface area contributed by atoms with E-state index in [1.54, 1.807) is 6.20 Å². The van der Waals surface area contributed by atoms with Crippen LogP contribution >= 0.6 is 0 Å². The zero-order chi connectivity index (χ0) is 16.8. The smallest absolute Gasteiger partial charge is 0.239 e. The molecule has 1 aliphatic heterocycles. The van der Waals surface area contributed by atoms with Crippen LogP contribution < -0.4 is 0 Å². The summed E-state index contributed by atoms with van der Waals surface area (Å²) in [5, 5.41) is 0. The van der Waals surface area contributed by atoms with Gasteiger partial charge >= 0.3 is 0 Å². The Labute approximate surface area is 144 Å². The molecule has 0 radical (unpaired) electrons.